The van der Waals surface area contributed by atoms with Crippen molar-refractivity contribution >= 4 is 23.3 Å². The Balaban J connectivity index is 2.07. The fraction of sp³-hybridized carbons (Fsp3) is 0.385. The van der Waals surface area contributed by atoms with E-state index in [2.05, 4.69) is 26.2 Å². The molecule has 8 nitrogen and oxygen atoms in total. The summed E-state index contributed by atoms with van der Waals surface area (Å²) in [6, 6.07) is 3.04. The van der Waals surface area contributed by atoms with E-state index >= 15 is 0 Å². The Morgan fingerprint density at radius 2 is 2.09 bits per heavy atom. The lowest BCUT2D eigenvalue weighted by Crippen LogP contribution is -2.30. The second kappa shape index (κ2) is 6.29. The van der Waals surface area contributed by atoms with Gasteiger partial charge in [0.15, 0.2) is 22.4 Å². The van der Waals surface area contributed by atoms with Gasteiger partial charge in [-0.05, 0) is 11.5 Å². The van der Waals surface area contributed by atoms with Crippen LogP contribution in [-0.4, -0.2) is 26.4 Å². The van der Waals surface area contributed by atoms with Crippen LogP contribution >= 0.6 is 11.6 Å². The van der Waals surface area contributed by atoms with Crippen LogP contribution < -0.4 is 10.9 Å². The Morgan fingerprint density at radius 3 is 2.68 bits per heavy atom. The number of hydrogen-bond acceptors (Lipinski definition) is 7. The summed E-state index contributed by atoms with van der Waals surface area (Å²) in [5.41, 5.74) is 5.67. The fourth-order valence-corrected chi connectivity index (χ4v) is 2.02. The van der Waals surface area contributed by atoms with Crippen molar-refractivity contribution in [1.82, 2.24) is 20.8 Å². The maximum absolute atomic E-state index is 11.8. The zero-order chi connectivity index (χ0) is 16.3. The van der Waals surface area contributed by atoms with E-state index in [4.69, 9.17) is 21.2 Å². The zero-order valence-electron chi connectivity index (χ0n) is 12.3. The van der Waals surface area contributed by atoms with Gasteiger partial charge in [-0.25, -0.2) is 0 Å². The van der Waals surface area contributed by atoms with Crippen molar-refractivity contribution in [2.75, 3.05) is 5.43 Å². The van der Waals surface area contributed by atoms with Gasteiger partial charge in [0.25, 0.3) is 5.91 Å². The van der Waals surface area contributed by atoms with Gasteiger partial charge < -0.3 is 9.63 Å². The molecule has 0 aliphatic rings. The molecule has 0 atom stereocenters. The van der Waals surface area contributed by atoms with Crippen molar-refractivity contribution < 1.29 is 14.4 Å². The first-order valence-corrected chi connectivity index (χ1v) is 6.85. The molecule has 0 aliphatic carbocycles. The van der Waals surface area contributed by atoms with Crippen LogP contribution in [0.3, 0.4) is 0 Å². The van der Waals surface area contributed by atoms with Crippen molar-refractivity contribution in [3.8, 4) is 0 Å². The Kier molecular flexibility index (Phi) is 4.62. The molecule has 9 heteroatoms. The second-order valence-electron chi connectivity index (χ2n) is 5.60. The highest BCUT2D eigenvalue weighted by Crippen LogP contribution is 2.28. The number of nitrogens with zero attached hydrogens (tertiary/aromatic N) is 3. The quantitative estimate of drug-likeness (QED) is 0.732. The molecule has 22 heavy (non-hydrogen) atoms. The van der Waals surface area contributed by atoms with Crippen LogP contribution in [0.1, 0.15) is 42.6 Å². The molecule has 2 aromatic heterocycles. The van der Waals surface area contributed by atoms with Crippen molar-refractivity contribution in [3.63, 3.8) is 0 Å². The minimum Gasteiger partial charge on any atom is -0.388 e. The van der Waals surface area contributed by atoms with E-state index in [1.54, 1.807) is 6.07 Å². The summed E-state index contributed by atoms with van der Waals surface area (Å²) >= 11 is 6.02. The summed E-state index contributed by atoms with van der Waals surface area (Å²) in [5, 5.41) is 20.4. The lowest BCUT2D eigenvalue weighted by Gasteiger charge is -2.20. The van der Waals surface area contributed by atoms with Gasteiger partial charge in [0.1, 0.15) is 6.61 Å². The van der Waals surface area contributed by atoms with Gasteiger partial charge in [-0.3, -0.25) is 15.6 Å². The van der Waals surface area contributed by atoms with Gasteiger partial charge in [-0.1, -0.05) is 37.5 Å². The van der Waals surface area contributed by atoms with Crippen molar-refractivity contribution in [2.24, 2.45) is 0 Å². The summed E-state index contributed by atoms with van der Waals surface area (Å²) in [6.07, 6.45) is 0. The molecule has 0 bridgehead atoms. The fourth-order valence-electron chi connectivity index (χ4n) is 1.64. The smallest absolute Gasteiger partial charge is 0.291 e. The molecule has 0 saturated heterocycles. The molecule has 0 spiro atoms. The lowest BCUT2D eigenvalue weighted by atomic mass is 9.88. The first-order chi connectivity index (χ1) is 10.3. The molecule has 1 amide bonds. The first-order valence-electron chi connectivity index (χ1n) is 6.48. The molecule has 0 unspecified atom stereocenters. The summed E-state index contributed by atoms with van der Waals surface area (Å²) in [7, 11) is 0. The Hall–Kier alpha value is -2.19. The van der Waals surface area contributed by atoms with Crippen LogP contribution in [0, 0.1) is 0 Å². The maximum Gasteiger partial charge on any atom is 0.291 e. The van der Waals surface area contributed by atoms with Crippen LogP contribution in [0.25, 0.3) is 0 Å². The van der Waals surface area contributed by atoms with Crippen LogP contribution in [0.4, 0.5) is 5.82 Å². The molecule has 0 radical (unpaired) electrons. The largest absolute Gasteiger partial charge is 0.388 e. The number of aromatic nitrogens is 3. The van der Waals surface area contributed by atoms with Crippen LogP contribution in [-0.2, 0) is 12.0 Å². The van der Waals surface area contributed by atoms with Crippen LogP contribution in [0.2, 0.25) is 5.15 Å². The number of hydrazine groups is 1. The Labute approximate surface area is 131 Å². The van der Waals surface area contributed by atoms with E-state index in [9.17, 15) is 4.79 Å². The highest BCUT2D eigenvalue weighted by Gasteiger charge is 2.20. The Bertz CT molecular complexity index is 681. The topological polar surface area (TPSA) is 113 Å². The number of aliphatic hydroxyl groups is 1. The van der Waals surface area contributed by atoms with E-state index in [1.807, 2.05) is 20.8 Å². The van der Waals surface area contributed by atoms with Crippen LogP contribution in [0.5, 0.6) is 0 Å². The average Bonchev–Trinajstić information content (AvgIpc) is 2.94. The highest BCUT2D eigenvalue weighted by molar-refractivity contribution is 6.30. The number of anilines is 1. The van der Waals surface area contributed by atoms with Gasteiger partial charge in [-0.2, -0.15) is 0 Å². The third-order valence-electron chi connectivity index (χ3n) is 2.81. The molecule has 2 heterocycles. The summed E-state index contributed by atoms with van der Waals surface area (Å²) in [6.45, 7) is 5.64. The van der Waals surface area contributed by atoms with E-state index < -0.39 is 5.91 Å². The predicted octanol–water partition coefficient (Wildman–Crippen LogP) is 1.66. The SMILES string of the molecule is CC(C)(C)c1cc(NNC(=O)c2cc(CO)on2)nnc1Cl. The standard InChI is InChI=1S/C13H16ClN5O3/c1-13(2,3)8-5-10(15-17-11(8)14)16-18-12(21)9-4-7(6-20)22-19-9/h4-5,20H,6H2,1-3H3,(H,15,16)(H,18,21). The van der Waals surface area contributed by atoms with Crippen LogP contribution in [0.15, 0.2) is 16.7 Å². The zero-order valence-corrected chi connectivity index (χ0v) is 13.1. The van der Waals surface area contributed by atoms with Gasteiger partial charge in [0.2, 0.25) is 0 Å². The lowest BCUT2D eigenvalue weighted by molar-refractivity contribution is 0.0953. The van der Waals surface area contributed by atoms with Crippen molar-refractivity contribution in [3.05, 3.63) is 34.3 Å². The second-order valence-corrected chi connectivity index (χ2v) is 5.96. The molecule has 0 saturated carbocycles. The minimum absolute atomic E-state index is 0.0366. The number of carbonyl (C=O) groups is 1. The average molecular weight is 326 g/mol. The van der Waals surface area contributed by atoms with Gasteiger partial charge in [-0.15, -0.1) is 10.2 Å². The normalized spacial score (nSPS) is 11.3. The van der Waals surface area contributed by atoms with E-state index in [0.29, 0.717) is 11.0 Å². The summed E-state index contributed by atoms with van der Waals surface area (Å²) < 4.78 is 4.73. The molecule has 0 aromatic carbocycles. The molecule has 0 fully saturated rings. The summed E-state index contributed by atoms with van der Waals surface area (Å²) in [5.74, 6) is 0.0116. The monoisotopic (exact) mass is 325 g/mol. The number of amides is 1. The number of aliphatic hydroxyl groups excluding tert-OH is 1. The van der Waals surface area contributed by atoms with Gasteiger partial charge in [0, 0.05) is 11.6 Å². The molecule has 2 rings (SSSR count). The van der Waals surface area contributed by atoms with Crippen molar-refractivity contribution in [1.29, 1.82) is 0 Å². The first kappa shape index (κ1) is 16.2. The minimum atomic E-state index is -0.530. The number of halogens is 1. The van der Waals surface area contributed by atoms with E-state index in [1.165, 1.54) is 6.07 Å². The number of carbonyl (C=O) groups excluding carboxylic acids is 1. The van der Waals surface area contributed by atoms with Gasteiger partial charge in [0.05, 0.1) is 0 Å². The Morgan fingerprint density at radius 1 is 1.36 bits per heavy atom. The summed E-state index contributed by atoms with van der Waals surface area (Å²) in [4.78, 5) is 11.8. The molecular weight excluding hydrogens is 310 g/mol. The molecule has 3 N–H and O–H groups in total. The van der Waals surface area contributed by atoms with Crippen molar-refractivity contribution in [2.45, 2.75) is 32.8 Å². The highest BCUT2D eigenvalue weighted by atomic mass is 35.5. The van der Waals surface area contributed by atoms with E-state index in [-0.39, 0.29) is 23.5 Å². The number of nitrogens with one attached hydrogen (secondary N) is 2. The maximum atomic E-state index is 11.8. The van der Waals surface area contributed by atoms with Gasteiger partial charge >= 0.3 is 0 Å². The molecule has 0 aliphatic heterocycles. The number of hydrogen-bond donors (Lipinski definition) is 3. The molecular formula is C13H16ClN5O3. The number of rotatable bonds is 4. The third-order valence-corrected chi connectivity index (χ3v) is 3.09. The molecule has 2 aromatic rings. The third kappa shape index (κ3) is 3.71. The van der Waals surface area contributed by atoms with E-state index in [0.717, 1.165) is 5.56 Å². The predicted molar refractivity (Wildman–Crippen MR) is 79.3 cm³/mol. The molecule has 118 valence electrons.